The van der Waals surface area contributed by atoms with E-state index < -0.39 is 5.82 Å². The number of fused-ring (bicyclic) bond motifs is 1. The number of furan rings is 1. The number of nitrogens with zero attached hydrogens (tertiary/aromatic N) is 1. The number of halogens is 1. The van der Waals surface area contributed by atoms with Crippen LogP contribution in [-0.4, -0.2) is 10.8 Å². The molecule has 102 valence electrons. The number of rotatable bonds is 3. The van der Waals surface area contributed by atoms with Crippen LogP contribution in [-0.2, 0) is 0 Å². The molecule has 0 spiro atoms. The Kier molecular flexibility index (Phi) is 3.11. The van der Waals surface area contributed by atoms with Gasteiger partial charge >= 0.3 is 0 Å². The molecule has 0 aliphatic carbocycles. The molecule has 2 N–H and O–H groups in total. The summed E-state index contributed by atoms with van der Waals surface area (Å²) < 4.78 is 18.8. The van der Waals surface area contributed by atoms with Crippen molar-refractivity contribution in [1.29, 1.82) is 0 Å². The number of hydrogen-bond donors (Lipinski definition) is 1. The minimum Gasteiger partial charge on any atom is -0.449 e. The summed E-state index contributed by atoms with van der Waals surface area (Å²) in [5.41, 5.74) is 6.06. The Bertz CT molecular complexity index is 791. The molecular formula is C14H11FN2O2S. The molecule has 0 fully saturated rings. The molecule has 2 aromatic heterocycles. The fourth-order valence-electron chi connectivity index (χ4n) is 1.87. The lowest BCUT2D eigenvalue weighted by Crippen LogP contribution is -2.06. The van der Waals surface area contributed by atoms with Crippen molar-refractivity contribution in [2.75, 3.05) is 0 Å². The number of carbonyl (C=O) groups is 1. The summed E-state index contributed by atoms with van der Waals surface area (Å²) in [6.45, 7) is 1.80. The zero-order valence-corrected chi connectivity index (χ0v) is 11.4. The van der Waals surface area contributed by atoms with Gasteiger partial charge in [0.2, 0.25) is 5.78 Å². The van der Waals surface area contributed by atoms with Gasteiger partial charge in [-0.2, -0.15) is 0 Å². The van der Waals surface area contributed by atoms with Gasteiger partial charge in [0.1, 0.15) is 10.7 Å². The largest absolute Gasteiger partial charge is 0.449 e. The number of para-hydroxylation sites is 1. The highest BCUT2D eigenvalue weighted by Gasteiger charge is 2.19. The van der Waals surface area contributed by atoms with Gasteiger partial charge in [-0.25, -0.2) is 9.37 Å². The Morgan fingerprint density at radius 1 is 1.50 bits per heavy atom. The zero-order chi connectivity index (χ0) is 14.3. The Labute approximate surface area is 118 Å². The van der Waals surface area contributed by atoms with Gasteiger partial charge in [0.05, 0.1) is 6.04 Å². The second-order valence-corrected chi connectivity index (χ2v) is 5.35. The van der Waals surface area contributed by atoms with Crippen LogP contribution in [0.4, 0.5) is 4.39 Å². The Morgan fingerprint density at radius 2 is 2.30 bits per heavy atom. The normalized spacial score (nSPS) is 12.8. The van der Waals surface area contributed by atoms with Crippen LogP contribution < -0.4 is 5.73 Å². The van der Waals surface area contributed by atoms with Gasteiger partial charge in [-0.15, -0.1) is 11.3 Å². The summed E-state index contributed by atoms with van der Waals surface area (Å²) in [4.78, 5) is 16.4. The van der Waals surface area contributed by atoms with E-state index in [2.05, 4.69) is 4.98 Å². The van der Waals surface area contributed by atoms with Crippen molar-refractivity contribution in [2.45, 2.75) is 13.0 Å². The number of nitrogens with two attached hydrogens (primary N) is 1. The predicted molar refractivity (Wildman–Crippen MR) is 74.3 cm³/mol. The molecule has 0 radical (unpaired) electrons. The van der Waals surface area contributed by atoms with Crippen LogP contribution in [0.1, 0.15) is 34.2 Å². The van der Waals surface area contributed by atoms with E-state index in [1.165, 1.54) is 23.5 Å². The minimum absolute atomic E-state index is 0.0756. The van der Waals surface area contributed by atoms with Crippen LogP contribution in [0.2, 0.25) is 0 Å². The molecule has 0 aliphatic heterocycles. The van der Waals surface area contributed by atoms with Gasteiger partial charge in [-0.05, 0) is 19.1 Å². The van der Waals surface area contributed by atoms with Gasteiger partial charge in [0.15, 0.2) is 17.2 Å². The molecule has 4 nitrogen and oxygen atoms in total. The maximum Gasteiger partial charge on any atom is 0.247 e. The smallest absolute Gasteiger partial charge is 0.247 e. The molecule has 1 aromatic carbocycles. The van der Waals surface area contributed by atoms with E-state index in [4.69, 9.17) is 10.2 Å². The topological polar surface area (TPSA) is 69.1 Å². The second kappa shape index (κ2) is 4.81. The molecule has 3 aromatic rings. The number of carbonyl (C=O) groups excluding carboxylic acids is 1. The van der Waals surface area contributed by atoms with Gasteiger partial charge in [0, 0.05) is 10.8 Å². The molecule has 1 atom stereocenters. The van der Waals surface area contributed by atoms with E-state index in [9.17, 15) is 9.18 Å². The first-order valence-electron chi connectivity index (χ1n) is 6.00. The standard InChI is InChI=1S/C14H11FN2O2S/c1-7(16)14-17-10(6-20-14)12(18)11-5-8-3-2-4-9(15)13(8)19-11/h2-7H,16H2,1H3. The van der Waals surface area contributed by atoms with Crippen molar-refractivity contribution >= 4 is 28.1 Å². The van der Waals surface area contributed by atoms with Crippen molar-refractivity contribution in [3.8, 4) is 0 Å². The number of hydrogen-bond acceptors (Lipinski definition) is 5. The Morgan fingerprint density at radius 3 is 2.95 bits per heavy atom. The quantitative estimate of drug-likeness (QED) is 0.752. The Balaban J connectivity index is 2.01. The highest BCUT2D eigenvalue weighted by Crippen LogP contribution is 2.25. The van der Waals surface area contributed by atoms with E-state index in [-0.39, 0.29) is 28.9 Å². The van der Waals surface area contributed by atoms with Crippen molar-refractivity contribution in [3.05, 3.63) is 51.9 Å². The summed E-state index contributed by atoms with van der Waals surface area (Å²) in [6, 6.07) is 5.84. The number of aromatic nitrogens is 1. The highest BCUT2D eigenvalue weighted by molar-refractivity contribution is 7.09. The monoisotopic (exact) mass is 290 g/mol. The summed E-state index contributed by atoms with van der Waals surface area (Å²) in [5.74, 6) is -0.786. The summed E-state index contributed by atoms with van der Waals surface area (Å²) in [5, 5.41) is 2.86. The van der Waals surface area contributed by atoms with Crippen LogP contribution in [0.3, 0.4) is 0 Å². The number of benzene rings is 1. The van der Waals surface area contributed by atoms with Gasteiger partial charge < -0.3 is 10.2 Å². The third kappa shape index (κ3) is 2.13. The Hall–Kier alpha value is -2.05. The maximum absolute atomic E-state index is 13.5. The second-order valence-electron chi connectivity index (χ2n) is 4.46. The first-order chi connectivity index (χ1) is 9.56. The molecule has 1 unspecified atom stereocenters. The first kappa shape index (κ1) is 13.0. The van der Waals surface area contributed by atoms with Crippen LogP contribution in [0.15, 0.2) is 34.1 Å². The fraction of sp³-hybridized carbons (Fsp3) is 0.143. The molecule has 0 saturated heterocycles. The first-order valence-corrected chi connectivity index (χ1v) is 6.88. The lowest BCUT2D eigenvalue weighted by molar-refractivity contribution is 0.101. The van der Waals surface area contributed by atoms with Crippen molar-refractivity contribution in [1.82, 2.24) is 4.98 Å². The third-order valence-electron chi connectivity index (χ3n) is 2.86. The highest BCUT2D eigenvalue weighted by atomic mass is 32.1. The van der Waals surface area contributed by atoms with E-state index in [0.717, 1.165) is 0 Å². The lowest BCUT2D eigenvalue weighted by atomic mass is 10.2. The molecule has 0 amide bonds. The number of thiazole rings is 1. The van der Waals surface area contributed by atoms with E-state index >= 15 is 0 Å². The van der Waals surface area contributed by atoms with Gasteiger partial charge in [0.25, 0.3) is 0 Å². The zero-order valence-electron chi connectivity index (χ0n) is 10.6. The lowest BCUT2D eigenvalue weighted by Gasteiger charge is -1.96. The maximum atomic E-state index is 13.5. The SMILES string of the molecule is CC(N)c1nc(C(=O)c2cc3cccc(F)c3o2)cs1. The molecular weight excluding hydrogens is 279 g/mol. The van der Waals surface area contributed by atoms with Crippen LogP contribution in [0.5, 0.6) is 0 Å². The summed E-state index contributed by atoms with van der Waals surface area (Å²) >= 11 is 1.32. The molecule has 2 heterocycles. The fourth-order valence-corrected chi connectivity index (χ4v) is 2.62. The average molecular weight is 290 g/mol. The van der Waals surface area contributed by atoms with Gasteiger partial charge in [-0.3, -0.25) is 4.79 Å². The van der Waals surface area contributed by atoms with E-state index in [1.807, 2.05) is 0 Å². The minimum atomic E-state index is -0.490. The van der Waals surface area contributed by atoms with Crippen LogP contribution >= 0.6 is 11.3 Å². The predicted octanol–water partition coefficient (Wildman–Crippen LogP) is 3.28. The van der Waals surface area contributed by atoms with Crippen molar-refractivity contribution in [2.24, 2.45) is 5.73 Å². The summed E-state index contributed by atoms with van der Waals surface area (Å²) in [6.07, 6.45) is 0. The molecule has 20 heavy (non-hydrogen) atoms. The van der Waals surface area contributed by atoms with Crippen molar-refractivity contribution in [3.63, 3.8) is 0 Å². The molecule has 0 saturated carbocycles. The van der Waals surface area contributed by atoms with Crippen LogP contribution in [0.25, 0.3) is 11.0 Å². The number of ketones is 1. The summed E-state index contributed by atoms with van der Waals surface area (Å²) in [7, 11) is 0. The molecule has 0 aliphatic rings. The van der Waals surface area contributed by atoms with Gasteiger partial charge in [-0.1, -0.05) is 12.1 Å². The average Bonchev–Trinajstić information content (AvgIpc) is 3.05. The molecule has 0 bridgehead atoms. The third-order valence-corrected chi connectivity index (χ3v) is 3.91. The van der Waals surface area contributed by atoms with E-state index in [1.54, 1.807) is 24.4 Å². The van der Waals surface area contributed by atoms with Crippen LogP contribution in [0, 0.1) is 5.82 Å². The molecule has 3 rings (SSSR count). The van der Waals surface area contributed by atoms with E-state index in [0.29, 0.717) is 10.4 Å². The molecule has 6 heteroatoms. The van der Waals surface area contributed by atoms with Crippen molar-refractivity contribution < 1.29 is 13.6 Å².